The Hall–Kier alpha value is -2.82. The van der Waals surface area contributed by atoms with Crippen LogP contribution < -0.4 is 4.72 Å². The van der Waals surface area contributed by atoms with Crippen LogP contribution in [0.5, 0.6) is 0 Å². The van der Waals surface area contributed by atoms with Crippen LogP contribution in [0.2, 0.25) is 0 Å². The number of benzene rings is 1. The smallest absolute Gasteiger partial charge is 0.325 e. The zero-order chi connectivity index (χ0) is 21.7. The molecule has 1 aliphatic carbocycles. The second kappa shape index (κ2) is 7.15. The predicted molar refractivity (Wildman–Crippen MR) is 110 cm³/mol. The summed E-state index contributed by atoms with van der Waals surface area (Å²) in [6.07, 6.45) is 2.93. The van der Waals surface area contributed by atoms with Gasteiger partial charge in [-0.15, -0.1) is 11.3 Å². The number of carboxylic acid groups (broad SMARTS) is 1. The lowest BCUT2D eigenvalue weighted by molar-refractivity contribution is -0.140. The minimum atomic E-state index is -4.09. The molecule has 2 N–H and O–H groups in total. The largest absolute Gasteiger partial charge is 0.480 e. The van der Waals surface area contributed by atoms with Crippen LogP contribution in [0.3, 0.4) is 0 Å². The second-order valence-electron chi connectivity index (χ2n) is 7.28. The SMILES string of the molecule is CC(=O)c1cnn(-c2ccc(S(=O)(=O)N[C@@]3(C(=O)O)[C@H](C)[C@@H]3c3ccccc3)s2)c1. The normalized spacial score (nSPS) is 23.3. The number of ketones is 1. The third-order valence-electron chi connectivity index (χ3n) is 5.46. The molecule has 0 unspecified atom stereocenters. The zero-order valence-electron chi connectivity index (χ0n) is 16.1. The Morgan fingerprint density at radius 2 is 1.90 bits per heavy atom. The molecule has 0 radical (unpaired) electrons. The van der Waals surface area contributed by atoms with E-state index in [1.54, 1.807) is 37.3 Å². The molecule has 2 aromatic heterocycles. The Balaban J connectivity index is 1.63. The molecule has 0 saturated heterocycles. The van der Waals surface area contributed by atoms with Gasteiger partial charge in [0.15, 0.2) is 5.78 Å². The fourth-order valence-corrected chi connectivity index (χ4v) is 6.46. The van der Waals surface area contributed by atoms with E-state index in [1.165, 1.54) is 30.1 Å². The molecule has 4 rings (SSSR count). The molecule has 0 aliphatic heterocycles. The molecule has 30 heavy (non-hydrogen) atoms. The summed E-state index contributed by atoms with van der Waals surface area (Å²) in [7, 11) is -4.09. The van der Waals surface area contributed by atoms with E-state index in [9.17, 15) is 23.1 Å². The van der Waals surface area contributed by atoms with Crippen LogP contribution in [-0.4, -0.2) is 40.6 Å². The molecular weight excluding hydrogens is 426 g/mol. The zero-order valence-corrected chi connectivity index (χ0v) is 17.8. The minimum absolute atomic E-state index is 0.0242. The fraction of sp³-hybridized carbons (Fsp3) is 0.250. The van der Waals surface area contributed by atoms with Crippen molar-refractivity contribution < 1.29 is 23.1 Å². The first-order valence-electron chi connectivity index (χ1n) is 9.15. The average Bonchev–Trinajstić information content (AvgIpc) is 3.14. The van der Waals surface area contributed by atoms with Crippen molar-refractivity contribution in [1.29, 1.82) is 0 Å². The molecule has 2 heterocycles. The van der Waals surface area contributed by atoms with Crippen molar-refractivity contribution in [1.82, 2.24) is 14.5 Å². The highest BCUT2D eigenvalue weighted by molar-refractivity contribution is 7.91. The molecular formula is C20H19N3O5S2. The van der Waals surface area contributed by atoms with Crippen LogP contribution in [0, 0.1) is 5.92 Å². The number of thiophene rings is 1. The van der Waals surface area contributed by atoms with Gasteiger partial charge in [-0.1, -0.05) is 37.3 Å². The van der Waals surface area contributed by atoms with E-state index in [0.29, 0.717) is 10.6 Å². The van der Waals surface area contributed by atoms with Gasteiger partial charge in [-0.25, -0.2) is 13.1 Å². The number of carbonyl (C=O) groups excluding carboxylic acids is 1. The first-order valence-corrected chi connectivity index (χ1v) is 11.4. The average molecular weight is 446 g/mol. The number of sulfonamides is 1. The van der Waals surface area contributed by atoms with Crippen LogP contribution in [0.25, 0.3) is 5.00 Å². The maximum Gasteiger partial charge on any atom is 0.325 e. The lowest BCUT2D eigenvalue weighted by Gasteiger charge is -2.15. The number of aromatic nitrogens is 2. The van der Waals surface area contributed by atoms with E-state index >= 15 is 0 Å². The maximum atomic E-state index is 13.0. The third kappa shape index (κ3) is 3.26. The third-order valence-corrected chi connectivity index (χ3v) is 8.51. The Labute approximate surface area is 177 Å². The van der Waals surface area contributed by atoms with Gasteiger partial charge in [0.25, 0.3) is 10.0 Å². The second-order valence-corrected chi connectivity index (χ2v) is 10.3. The number of nitrogens with zero attached hydrogens (tertiary/aromatic N) is 2. The predicted octanol–water partition coefficient (Wildman–Crippen LogP) is 2.67. The lowest BCUT2D eigenvalue weighted by Crippen LogP contribution is -2.45. The Kier molecular flexibility index (Phi) is 4.88. The summed E-state index contributed by atoms with van der Waals surface area (Å²) in [6, 6.07) is 12.0. The molecule has 3 aromatic rings. The van der Waals surface area contributed by atoms with E-state index < -0.39 is 33.4 Å². The van der Waals surface area contributed by atoms with Gasteiger partial charge in [0, 0.05) is 12.1 Å². The molecule has 0 spiro atoms. The summed E-state index contributed by atoms with van der Waals surface area (Å²) in [4.78, 5) is 23.6. The monoisotopic (exact) mass is 445 g/mol. The topological polar surface area (TPSA) is 118 Å². The highest BCUT2D eigenvalue weighted by atomic mass is 32.2. The maximum absolute atomic E-state index is 13.0. The lowest BCUT2D eigenvalue weighted by atomic mass is 10.1. The number of carbonyl (C=O) groups is 2. The molecule has 1 aromatic carbocycles. The van der Waals surface area contributed by atoms with Crippen LogP contribution in [0.1, 0.15) is 35.7 Å². The van der Waals surface area contributed by atoms with E-state index in [-0.39, 0.29) is 9.99 Å². The number of aliphatic carboxylic acids is 1. The van der Waals surface area contributed by atoms with Crippen molar-refractivity contribution in [3.8, 4) is 5.00 Å². The number of nitrogens with one attached hydrogen (secondary N) is 1. The van der Waals surface area contributed by atoms with Gasteiger partial charge in [-0.2, -0.15) is 9.82 Å². The van der Waals surface area contributed by atoms with E-state index in [1.807, 2.05) is 6.07 Å². The van der Waals surface area contributed by atoms with Crippen LogP contribution >= 0.6 is 11.3 Å². The molecule has 1 saturated carbocycles. The number of carboxylic acids is 1. The standard InChI is InChI=1S/C20H19N3O5S2/c1-12-18(14-6-4-3-5-7-14)20(12,19(25)26)22-30(27,28)17-9-8-16(29-17)23-11-15(10-21-23)13(2)24/h3-12,18,22H,1-2H3,(H,25,26)/t12-,18-,20+/m1/s1. The van der Waals surface area contributed by atoms with Crippen molar-refractivity contribution in [2.45, 2.75) is 29.5 Å². The van der Waals surface area contributed by atoms with Crippen molar-refractivity contribution in [2.24, 2.45) is 5.92 Å². The quantitative estimate of drug-likeness (QED) is 0.540. The Morgan fingerprint density at radius 3 is 2.50 bits per heavy atom. The fourth-order valence-electron chi connectivity index (χ4n) is 3.78. The molecule has 0 bridgehead atoms. The molecule has 0 amide bonds. The van der Waals surface area contributed by atoms with E-state index in [2.05, 4.69) is 9.82 Å². The molecule has 10 heteroatoms. The van der Waals surface area contributed by atoms with Gasteiger partial charge in [0.05, 0.1) is 11.8 Å². The van der Waals surface area contributed by atoms with Crippen molar-refractivity contribution in [2.75, 3.05) is 0 Å². The van der Waals surface area contributed by atoms with Crippen LogP contribution in [0.4, 0.5) is 0 Å². The Morgan fingerprint density at radius 1 is 1.20 bits per heavy atom. The molecule has 8 nitrogen and oxygen atoms in total. The van der Waals surface area contributed by atoms with Crippen molar-refractivity contribution in [3.63, 3.8) is 0 Å². The number of Topliss-reactive ketones (excluding diaryl/α,β-unsaturated/α-hetero) is 1. The van der Waals surface area contributed by atoms with Crippen LogP contribution in [-0.2, 0) is 14.8 Å². The first kappa shape index (κ1) is 20.5. The summed E-state index contributed by atoms with van der Waals surface area (Å²) in [5.74, 6) is -2.22. The summed E-state index contributed by atoms with van der Waals surface area (Å²) in [6.45, 7) is 3.14. The molecule has 1 aliphatic rings. The summed E-state index contributed by atoms with van der Waals surface area (Å²) < 4.78 is 29.9. The van der Waals surface area contributed by atoms with E-state index in [4.69, 9.17) is 0 Å². The molecule has 156 valence electrons. The Bertz CT molecular complexity index is 1230. The van der Waals surface area contributed by atoms with Gasteiger partial charge in [0.2, 0.25) is 0 Å². The van der Waals surface area contributed by atoms with Gasteiger partial charge in [0.1, 0.15) is 14.7 Å². The number of hydrogen-bond donors (Lipinski definition) is 2. The highest BCUT2D eigenvalue weighted by Crippen LogP contribution is 2.58. The van der Waals surface area contributed by atoms with Gasteiger partial charge in [-0.3, -0.25) is 9.59 Å². The summed E-state index contributed by atoms with van der Waals surface area (Å²) >= 11 is 0.942. The van der Waals surface area contributed by atoms with Gasteiger partial charge >= 0.3 is 5.97 Å². The highest BCUT2D eigenvalue weighted by Gasteiger charge is 2.70. The molecule has 3 atom stereocenters. The number of rotatable bonds is 7. The van der Waals surface area contributed by atoms with E-state index in [0.717, 1.165) is 16.9 Å². The van der Waals surface area contributed by atoms with Crippen molar-refractivity contribution >= 4 is 33.1 Å². The van der Waals surface area contributed by atoms with Crippen molar-refractivity contribution in [3.05, 3.63) is 66.0 Å². The van der Waals surface area contributed by atoms with Crippen LogP contribution in [0.15, 0.2) is 59.1 Å². The summed E-state index contributed by atoms with van der Waals surface area (Å²) in [5, 5.41) is 14.5. The summed E-state index contributed by atoms with van der Waals surface area (Å²) in [5.41, 5.74) is -0.416. The first-order chi connectivity index (χ1) is 14.2. The molecule has 1 fully saturated rings. The number of hydrogen-bond acceptors (Lipinski definition) is 6. The van der Waals surface area contributed by atoms with Gasteiger partial charge in [-0.05, 0) is 30.5 Å². The van der Waals surface area contributed by atoms with Gasteiger partial charge < -0.3 is 5.11 Å². The minimum Gasteiger partial charge on any atom is -0.480 e.